The highest BCUT2D eigenvalue weighted by molar-refractivity contribution is 7.74. The second kappa shape index (κ2) is 11.6. The molecule has 0 aliphatic heterocycles. The lowest BCUT2D eigenvalue weighted by molar-refractivity contribution is 0.548. The second-order valence-electron chi connectivity index (χ2n) is 11.0. The predicted molar refractivity (Wildman–Crippen MR) is 168 cm³/mol. The Bertz CT molecular complexity index is 1200. The fraction of sp³-hybridized carbons (Fsp3) is 0.314. The van der Waals surface area contributed by atoms with E-state index in [2.05, 4.69) is 132 Å². The van der Waals surface area contributed by atoms with Gasteiger partial charge in [0, 0.05) is 0 Å². The summed E-state index contributed by atoms with van der Waals surface area (Å²) in [5.41, 5.74) is 6.89. The van der Waals surface area contributed by atoms with Crippen LogP contribution in [0.25, 0.3) is 0 Å². The Morgan fingerprint density at radius 2 is 1.00 bits per heavy atom. The number of aryl methyl sites for hydroxylation is 4. The third-order valence-electron chi connectivity index (χ3n) is 7.93. The first-order chi connectivity index (χ1) is 17.9. The molecule has 0 radical (unpaired) electrons. The molecule has 1 aliphatic carbocycles. The molecular weight excluding hydrogens is 482 g/mol. The van der Waals surface area contributed by atoms with E-state index in [1.807, 2.05) is 0 Å². The Hall–Kier alpha value is -2.26. The van der Waals surface area contributed by atoms with E-state index in [-0.39, 0.29) is 0 Å². The summed E-state index contributed by atoms with van der Waals surface area (Å²) in [5, 5.41) is 6.18. The van der Waals surface area contributed by atoms with Crippen molar-refractivity contribution in [3.63, 3.8) is 0 Å². The summed E-state index contributed by atoms with van der Waals surface area (Å²) in [6.45, 7) is 11.6. The van der Waals surface area contributed by atoms with Gasteiger partial charge in [0.15, 0.2) is 0 Å². The smallest absolute Gasteiger partial charge is 0.00943 e. The zero-order chi connectivity index (χ0) is 25.9. The van der Waals surface area contributed by atoms with Gasteiger partial charge in [0.25, 0.3) is 0 Å². The van der Waals surface area contributed by atoms with Gasteiger partial charge in [-0.25, -0.2) is 0 Å². The summed E-state index contributed by atoms with van der Waals surface area (Å²) < 4.78 is 0. The molecule has 5 rings (SSSR count). The van der Waals surface area contributed by atoms with E-state index in [9.17, 15) is 0 Å². The zero-order valence-electron chi connectivity index (χ0n) is 23.0. The standard InChI is InChI=1S/C35H40P2/c1-25-19-26(2)22-32(21-25)36(33-23-27(3)20-28(4)24-33)29(5)34-17-12-18-35(34)37(30-13-8-6-9-14-30)31-15-10-7-11-16-31/h6-11,13-16,19-24,29,34-35H,12,17-18H2,1-5H3/t29-,34+,35+/m1/s1. The van der Waals surface area contributed by atoms with Crippen LogP contribution in [0.4, 0.5) is 0 Å². The van der Waals surface area contributed by atoms with Crippen LogP contribution in [0.1, 0.15) is 48.4 Å². The van der Waals surface area contributed by atoms with Gasteiger partial charge < -0.3 is 0 Å². The molecule has 2 heteroatoms. The fourth-order valence-corrected chi connectivity index (χ4v) is 13.3. The van der Waals surface area contributed by atoms with Crippen LogP contribution in [0.15, 0.2) is 97.1 Å². The maximum atomic E-state index is 2.59. The molecule has 3 atom stereocenters. The van der Waals surface area contributed by atoms with Gasteiger partial charge in [-0.15, -0.1) is 0 Å². The summed E-state index contributed by atoms with van der Waals surface area (Å²) >= 11 is 0. The van der Waals surface area contributed by atoms with E-state index in [0.29, 0.717) is 5.66 Å². The molecule has 4 aromatic rings. The minimum Gasteiger partial charge on any atom is -0.0622 e. The van der Waals surface area contributed by atoms with Gasteiger partial charge in [0.1, 0.15) is 0 Å². The van der Waals surface area contributed by atoms with E-state index >= 15 is 0 Å². The topological polar surface area (TPSA) is 0 Å². The van der Waals surface area contributed by atoms with Crippen LogP contribution in [0.5, 0.6) is 0 Å². The van der Waals surface area contributed by atoms with Gasteiger partial charge in [-0.2, -0.15) is 0 Å². The van der Waals surface area contributed by atoms with Crippen molar-refractivity contribution in [3.8, 4) is 0 Å². The molecule has 37 heavy (non-hydrogen) atoms. The zero-order valence-corrected chi connectivity index (χ0v) is 24.8. The Kier molecular flexibility index (Phi) is 8.29. The second-order valence-corrected chi connectivity index (χ2v) is 16.0. The van der Waals surface area contributed by atoms with Crippen molar-refractivity contribution in [1.29, 1.82) is 0 Å². The Morgan fingerprint density at radius 1 is 0.568 bits per heavy atom. The summed E-state index contributed by atoms with van der Waals surface area (Å²) in [5.74, 6) is 0.722. The Morgan fingerprint density at radius 3 is 1.43 bits per heavy atom. The van der Waals surface area contributed by atoms with E-state index in [0.717, 1.165) is 11.6 Å². The molecule has 1 fully saturated rings. The van der Waals surface area contributed by atoms with Gasteiger partial charge in [0.2, 0.25) is 0 Å². The fourth-order valence-electron chi connectivity index (χ4n) is 6.55. The first kappa shape index (κ1) is 26.4. The molecule has 0 amide bonds. The SMILES string of the molecule is Cc1cc(C)cc(P(c2cc(C)cc(C)c2)[C@H](C)[C@@H]2CCC[C@@H]2P(c2ccccc2)c2ccccc2)c1. The van der Waals surface area contributed by atoms with Gasteiger partial charge in [-0.05, 0) is 94.8 Å². The minimum absolute atomic E-state index is 0.401. The molecule has 0 saturated heterocycles. The van der Waals surface area contributed by atoms with Crippen molar-refractivity contribution < 1.29 is 0 Å². The van der Waals surface area contributed by atoms with E-state index in [4.69, 9.17) is 0 Å². The van der Waals surface area contributed by atoms with Crippen molar-refractivity contribution in [2.75, 3.05) is 0 Å². The van der Waals surface area contributed by atoms with Crippen molar-refractivity contribution in [2.24, 2.45) is 5.92 Å². The van der Waals surface area contributed by atoms with Crippen LogP contribution in [-0.2, 0) is 0 Å². The summed E-state index contributed by atoms with van der Waals surface area (Å²) in [6, 6.07) is 37.4. The van der Waals surface area contributed by atoms with Crippen LogP contribution in [0.2, 0.25) is 0 Å². The third-order valence-corrected chi connectivity index (χ3v) is 13.8. The van der Waals surface area contributed by atoms with Crippen LogP contribution in [0, 0.1) is 33.6 Å². The molecule has 0 nitrogen and oxygen atoms in total. The lowest BCUT2D eigenvalue weighted by Gasteiger charge is -2.37. The predicted octanol–water partition coefficient (Wildman–Crippen LogP) is 8.04. The molecule has 0 bridgehead atoms. The monoisotopic (exact) mass is 522 g/mol. The Labute approximate surface area is 227 Å². The van der Waals surface area contributed by atoms with Crippen LogP contribution >= 0.6 is 15.8 Å². The first-order valence-corrected chi connectivity index (χ1v) is 16.6. The average Bonchev–Trinajstić information content (AvgIpc) is 3.34. The summed E-state index contributed by atoms with van der Waals surface area (Å²) in [4.78, 5) is 0. The van der Waals surface area contributed by atoms with Gasteiger partial charge in [-0.1, -0.05) is 133 Å². The molecule has 0 aromatic heterocycles. The van der Waals surface area contributed by atoms with Crippen LogP contribution in [-0.4, -0.2) is 11.3 Å². The Balaban J connectivity index is 1.60. The van der Waals surface area contributed by atoms with Crippen molar-refractivity contribution in [2.45, 2.75) is 65.2 Å². The number of hydrogen-bond donors (Lipinski definition) is 0. The quantitative estimate of drug-likeness (QED) is 0.216. The van der Waals surface area contributed by atoms with E-state index < -0.39 is 15.8 Å². The molecular formula is C35H40P2. The van der Waals surface area contributed by atoms with Gasteiger partial charge in [-0.3, -0.25) is 0 Å². The average molecular weight is 523 g/mol. The molecule has 0 unspecified atom stereocenters. The third kappa shape index (κ3) is 5.93. The lowest BCUT2D eigenvalue weighted by atomic mass is 10.0. The van der Waals surface area contributed by atoms with Crippen molar-refractivity contribution >= 4 is 37.1 Å². The first-order valence-electron chi connectivity index (χ1n) is 13.8. The maximum absolute atomic E-state index is 2.59. The number of benzene rings is 4. The van der Waals surface area contributed by atoms with Crippen molar-refractivity contribution in [3.05, 3.63) is 119 Å². The highest BCUT2D eigenvalue weighted by Crippen LogP contribution is 2.56. The number of rotatable bonds is 7. The van der Waals surface area contributed by atoms with Crippen LogP contribution < -0.4 is 21.2 Å². The molecule has 0 heterocycles. The normalized spacial score (nSPS) is 18.5. The summed E-state index contributed by atoms with van der Waals surface area (Å²) in [7, 11) is -0.868. The highest BCUT2D eigenvalue weighted by Gasteiger charge is 2.41. The maximum Gasteiger partial charge on any atom is -0.00943 e. The molecule has 0 N–H and O–H groups in total. The van der Waals surface area contributed by atoms with Gasteiger partial charge >= 0.3 is 0 Å². The van der Waals surface area contributed by atoms with E-state index in [1.54, 1.807) is 10.6 Å². The highest BCUT2D eigenvalue weighted by atomic mass is 31.1. The molecule has 1 aliphatic rings. The van der Waals surface area contributed by atoms with Crippen molar-refractivity contribution in [1.82, 2.24) is 0 Å². The minimum atomic E-state index is -0.467. The summed E-state index contributed by atoms with van der Waals surface area (Å²) in [6.07, 6.45) is 4.03. The molecule has 0 spiro atoms. The largest absolute Gasteiger partial charge is 0.0622 e. The lowest BCUT2D eigenvalue weighted by Crippen LogP contribution is -2.33. The molecule has 190 valence electrons. The van der Waals surface area contributed by atoms with Gasteiger partial charge in [0.05, 0.1) is 0 Å². The van der Waals surface area contributed by atoms with Crippen LogP contribution in [0.3, 0.4) is 0 Å². The number of hydrogen-bond acceptors (Lipinski definition) is 0. The van der Waals surface area contributed by atoms with E-state index in [1.165, 1.54) is 52.1 Å². The molecule has 1 saturated carbocycles. The molecule has 4 aromatic carbocycles.